The molecule has 0 saturated carbocycles. The van der Waals surface area contributed by atoms with E-state index in [1.165, 1.54) is 6.07 Å². The molecule has 15 heavy (non-hydrogen) atoms. The van der Waals surface area contributed by atoms with Crippen LogP contribution >= 0.6 is 0 Å². The van der Waals surface area contributed by atoms with Crippen molar-refractivity contribution < 1.29 is 13.2 Å². The van der Waals surface area contributed by atoms with Crippen molar-refractivity contribution in [2.45, 2.75) is 33.5 Å². The minimum atomic E-state index is -4.37. The molecule has 1 rings (SSSR count). The van der Waals surface area contributed by atoms with Crippen LogP contribution in [-0.2, 0) is 12.7 Å². The van der Waals surface area contributed by atoms with Gasteiger partial charge in [-0.1, -0.05) is 13.8 Å². The summed E-state index contributed by atoms with van der Waals surface area (Å²) in [6.45, 7) is 5.50. The average molecular weight is 220 g/mol. The summed E-state index contributed by atoms with van der Waals surface area (Å²) in [7, 11) is 0. The molecule has 0 unspecified atom stereocenters. The highest BCUT2D eigenvalue weighted by atomic mass is 19.4. The monoisotopic (exact) mass is 220 g/mol. The van der Waals surface area contributed by atoms with Crippen LogP contribution in [0.3, 0.4) is 0 Å². The summed E-state index contributed by atoms with van der Waals surface area (Å²) in [4.78, 5) is 3.58. The zero-order valence-electron chi connectivity index (χ0n) is 9.02. The normalized spacial score (nSPS) is 10.6. The number of alkyl halides is 3. The van der Waals surface area contributed by atoms with Gasteiger partial charge in [0.1, 0.15) is 0 Å². The molecule has 1 heterocycles. The quantitative estimate of drug-likeness (QED) is 0.790. The molecule has 5 heteroatoms. The van der Waals surface area contributed by atoms with E-state index >= 15 is 0 Å². The minimum absolute atomic E-state index is 0.0833. The van der Waals surface area contributed by atoms with Gasteiger partial charge in [-0.05, 0) is 18.6 Å². The summed E-state index contributed by atoms with van der Waals surface area (Å²) in [6.07, 6.45) is -3.55. The Balaban J connectivity index is 0.000000921. The van der Waals surface area contributed by atoms with Crippen LogP contribution in [0.4, 0.5) is 13.2 Å². The van der Waals surface area contributed by atoms with Crippen LogP contribution in [0.2, 0.25) is 0 Å². The number of nitrogens with two attached hydrogens (primary N) is 1. The number of aryl methyl sites for hydroxylation is 1. The second kappa shape index (κ2) is 5.70. The van der Waals surface area contributed by atoms with Gasteiger partial charge < -0.3 is 5.73 Å². The SMILES string of the molecule is CC.Cc1cc(CN)c(C(F)(F)F)cn1. The number of halogens is 3. The Hall–Kier alpha value is -1.10. The number of hydrogen-bond acceptors (Lipinski definition) is 2. The van der Waals surface area contributed by atoms with Crippen LogP contribution in [0.25, 0.3) is 0 Å². The summed E-state index contributed by atoms with van der Waals surface area (Å²) in [5, 5.41) is 0. The molecule has 0 spiro atoms. The molecule has 2 N–H and O–H groups in total. The van der Waals surface area contributed by atoms with Crippen molar-refractivity contribution in [1.82, 2.24) is 4.98 Å². The lowest BCUT2D eigenvalue weighted by Crippen LogP contribution is -2.12. The number of nitrogens with zero attached hydrogens (tertiary/aromatic N) is 1. The molecule has 0 aliphatic carbocycles. The highest BCUT2D eigenvalue weighted by molar-refractivity contribution is 5.28. The maximum absolute atomic E-state index is 12.3. The predicted molar refractivity (Wildman–Crippen MR) is 53.2 cm³/mol. The maximum atomic E-state index is 12.3. The summed E-state index contributed by atoms with van der Waals surface area (Å²) in [5.41, 5.74) is 5.06. The molecule has 1 aromatic heterocycles. The van der Waals surface area contributed by atoms with E-state index in [4.69, 9.17) is 5.73 Å². The van der Waals surface area contributed by atoms with Gasteiger partial charge in [-0.3, -0.25) is 4.98 Å². The lowest BCUT2D eigenvalue weighted by Gasteiger charge is -2.10. The molecule has 0 radical (unpaired) electrons. The average Bonchev–Trinajstić information content (AvgIpc) is 2.18. The smallest absolute Gasteiger partial charge is 0.326 e. The molecule has 0 amide bonds. The van der Waals surface area contributed by atoms with Crippen molar-refractivity contribution >= 4 is 0 Å². The summed E-state index contributed by atoms with van der Waals surface area (Å²) in [6, 6.07) is 1.35. The van der Waals surface area contributed by atoms with Crippen LogP contribution in [0.5, 0.6) is 0 Å². The largest absolute Gasteiger partial charge is 0.418 e. The molecular weight excluding hydrogens is 205 g/mol. The molecule has 2 nitrogen and oxygen atoms in total. The summed E-state index contributed by atoms with van der Waals surface area (Å²) < 4.78 is 36.8. The fourth-order valence-corrected chi connectivity index (χ4v) is 1.04. The fourth-order valence-electron chi connectivity index (χ4n) is 1.04. The third-order valence-corrected chi connectivity index (χ3v) is 1.65. The lowest BCUT2D eigenvalue weighted by atomic mass is 10.1. The van der Waals surface area contributed by atoms with E-state index < -0.39 is 11.7 Å². The van der Waals surface area contributed by atoms with Crippen molar-refractivity contribution in [2.75, 3.05) is 0 Å². The number of aromatic nitrogens is 1. The molecular formula is C10H15F3N2. The first kappa shape index (κ1) is 13.9. The van der Waals surface area contributed by atoms with Crippen molar-refractivity contribution in [3.8, 4) is 0 Å². The van der Waals surface area contributed by atoms with Gasteiger partial charge in [0.2, 0.25) is 0 Å². The molecule has 1 aromatic rings. The van der Waals surface area contributed by atoms with Gasteiger partial charge >= 0.3 is 6.18 Å². The Kier molecular flexibility index (Phi) is 5.28. The Morgan fingerprint density at radius 1 is 1.33 bits per heavy atom. The Morgan fingerprint density at radius 3 is 2.27 bits per heavy atom. The topological polar surface area (TPSA) is 38.9 Å². The third-order valence-electron chi connectivity index (χ3n) is 1.65. The molecule has 0 aliphatic heterocycles. The van der Waals surface area contributed by atoms with E-state index in [1.54, 1.807) is 6.92 Å². The van der Waals surface area contributed by atoms with E-state index in [0.717, 1.165) is 6.20 Å². The maximum Gasteiger partial charge on any atom is 0.418 e. The first-order valence-corrected chi connectivity index (χ1v) is 4.68. The van der Waals surface area contributed by atoms with E-state index in [1.807, 2.05) is 13.8 Å². The second-order valence-electron chi connectivity index (χ2n) is 2.68. The van der Waals surface area contributed by atoms with Crippen LogP contribution in [0, 0.1) is 6.92 Å². The van der Waals surface area contributed by atoms with Gasteiger partial charge in [0, 0.05) is 18.4 Å². The van der Waals surface area contributed by atoms with Gasteiger partial charge in [0.05, 0.1) is 5.56 Å². The van der Waals surface area contributed by atoms with E-state index in [2.05, 4.69) is 4.98 Å². The van der Waals surface area contributed by atoms with Crippen molar-refractivity contribution in [3.05, 3.63) is 29.1 Å². The molecule has 0 aliphatic rings. The standard InChI is InChI=1S/C8H9F3N2.C2H6/c1-5-2-6(3-12)7(4-13-5)8(9,10)11;1-2/h2,4H,3,12H2,1H3;1-2H3. The van der Waals surface area contributed by atoms with Crippen LogP contribution < -0.4 is 5.73 Å². The molecule has 0 fully saturated rings. The molecule has 0 bridgehead atoms. The Labute approximate surface area is 87.3 Å². The Bertz CT molecular complexity index is 308. The number of hydrogen-bond donors (Lipinski definition) is 1. The highest BCUT2D eigenvalue weighted by Gasteiger charge is 2.33. The van der Waals surface area contributed by atoms with Crippen LogP contribution in [0.1, 0.15) is 30.7 Å². The zero-order valence-corrected chi connectivity index (χ0v) is 9.02. The first-order chi connectivity index (χ1) is 6.95. The molecule has 0 saturated heterocycles. The van der Waals surface area contributed by atoms with Gasteiger partial charge in [-0.15, -0.1) is 0 Å². The van der Waals surface area contributed by atoms with Crippen molar-refractivity contribution in [2.24, 2.45) is 5.73 Å². The number of pyridine rings is 1. The fraction of sp³-hybridized carbons (Fsp3) is 0.500. The second-order valence-corrected chi connectivity index (χ2v) is 2.68. The van der Waals surface area contributed by atoms with Gasteiger partial charge in [-0.25, -0.2) is 0 Å². The highest BCUT2D eigenvalue weighted by Crippen LogP contribution is 2.31. The zero-order chi connectivity index (χ0) is 12.1. The molecule has 0 atom stereocenters. The summed E-state index contributed by atoms with van der Waals surface area (Å²) >= 11 is 0. The van der Waals surface area contributed by atoms with E-state index in [0.29, 0.717) is 5.69 Å². The van der Waals surface area contributed by atoms with Crippen LogP contribution in [-0.4, -0.2) is 4.98 Å². The van der Waals surface area contributed by atoms with E-state index in [9.17, 15) is 13.2 Å². The first-order valence-electron chi connectivity index (χ1n) is 4.68. The van der Waals surface area contributed by atoms with Crippen molar-refractivity contribution in [3.63, 3.8) is 0 Å². The Morgan fingerprint density at radius 2 is 1.87 bits per heavy atom. The van der Waals surface area contributed by atoms with Crippen LogP contribution in [0.15, 0.2) is 12.3 Å². The van der Waals surface area contributed by atoms with Gasteiger partial charge in [-0.2, -0.15) is 13.2 Å². The van der Waals surface area contributed by atoms with E-state index in [-0.39, 0.29) is 12.1 Å². The lowest BCUT2D eigenvalue weighted by molar-refractivity contribution is -0.138. The van der Waals surface area contributed by atoms with Gasteiger partial charge in [0.15, 0.2) is 0 Å². The third kappa shape index (κ3) is 3.87. The number of rotatable bonds is 1. The summed E-state index contributed by atoms with van der Waals surface area (Å²) in [5.74, 6) is 0. The molecule has 86 valence electrons. The minimum Gasteiger partial charge on any atom is -0.326 e. The molecule has 0 aromatic carbocycles. The van der Waals surface area contributed by atoms with Gasteiger partial charge in [0.25, 0.3) is 0 Å². The predicted octanol–water partition coefficient (Wildman–Crippen LogP) is 2.89. The van der Waals surface area contributed by atoms with Crippen molar-refractivity contribution in [1.29, 1.82) is 0 Å².